The van der Waals surface area contributed by atoms with Gasteiger partial charge < -0.3 is 19.9 Å². The van der Waals surface area contributed by atoms with E-state index in [-0.39, 0.29) is 12.4 Å². The van der Waals surface area contributed by atoms with Gasteiger partial charge in [0.2, 0.25) is 0 Å². The van der Waals surface area contributed by atoms with Crippen molar-refractivity contribution in [3.8, 4) is 11.5 Å². The van der Waals surface area contributed by atoms with Crippen LogP contribution in [0.2, 0.25) is 0 Å². The summed E-state index contributed by atoms with van der Waals surface area (Å²) in [6.07, 6.45) is 1.40. The number of hydrogen-bond donors (Lipinski definition) is 2. The second-order valence-electron chi connectivity index (χ2n) is 9.13. The van der Waals surface area contributed by atoms with Gasteiger partial charge in [-0.05, 0) is 66.3 Å². The highest BCUT2D eigenvalue weighted by atomic mass is 35.5. The number of ether oxygens (including phenoxy) is 2. The van der Waals surface area contributed by atoms with Gasteiger partial charge in [-0.15, -0.1) is 12.4 Å². The molecule has 0 saturated carbocycles. The summed E-state index contributed by atoms with van der Waals surface area (Å²) in [5, 5.41) is 14.1. The van der Waals surface area contributed by atoms with Crippen molar-refractivity contribution in [2.45, 2.75) is 45.1 Å². The molecule has 0 fully saturated rings. The fourth-order valence-electron chi connectivity index (χ4n) is 3.94. The lowest BCUT2D eigenvalue weighted by molar-refractivity contribution is 0.170. The maximum Gasteiger partial charge on any atom is 0.119 e. The van der Waals surface area contributed by atoms with Crippen LogP contribution < -0.4 is 14.8 Å². The standard InChI is InChI=1S/C32H35NO3.ClH/c1-25(12-13-26-14-18-30(19-15-26)35-23-27-8-4-2-5-9-27)33-22-32(34)29-16-20-31(21-17-29)36-24-28-10-6-3-7-11-28;/h2-11,14-21,25,32-34H,12-13,22-24H2,1H3;1H/t25?,32-;/m0./s1. The Morgan fingerprint density at radius 3 is 1.65 bits per heavy atom. The van der Waals surface area contributed by atoms with Crippen LogP contribution in [0.3, 0.4) is 0 Å². The van der Waals surface area contributed by atoms with Gasteiger partial charge in [-0.25, -0.2) is 0 Å². The van der Waals surface area contributed by atoms with E-state index in [4.69, 9.17) is 9.47 Å². The van der Waals surface area contributed by atoms with Gasteiger partial charge in [0.05, 0.1) is 6.10 Å². The molecule has 37 heavy (non-hydrogen) atoms. The predicted molar refractivity (Wildman–Crippen MR) is 152 cm³/mol. The molecule has 4 rings (SSSR count). The van der Waals surface area contributed by atoms with Gasteiger partial charge in [0.15, 0.2) is 0 Å². The molecule has 4 aromatic rings. The summed E-state index contributed by atoms with van der Waals surface area (Å²) in [6, 6.07) is 36.6. The SMILES string of the molecule is CC(CCc1ccc(OCc2ccccc2)cc1)NC[C@H](O)c1ccc(OCc2ccccc2)cc1.Cl. The molecule has 194 valence electrons. The normalized spacial score (nSPS) is 12.3. The summed E-state index contributed by atoms with van der Waals surface area (Å²) in [4.78, 5) is 0. The molecule has 0 aliphatic rings. The number of halogens is 1. The Hall–Kier alpha value is -3.31. The summed E-state index contributed by atoms with van der Waals surface area (Å²) in [7, 11) is 0. The number of hydrogen-bond acceptors (Lipinski definition) is 4. The van der Waals surface area contributed by atoms with E-state index >= 15 is 0 Å². The van der Waals surface area contributed by atoms with Crippen LogP contribution in [0.1, 0.15) is 41.7 Å². The van der Waals surface area contributed by atoms with Gasteiger partial charge in [-0.2, -0.15) is 0 Å². The summed E-state index contributed by atoms with van der Waals surface area (Å²) in [5.41, 5.74) is 4.46. The zero-order valence-electron chi connectivity index (χ0n) is 21.3. The van der Waals surface area contributed by atoms with E-state index in [1.54, 1.807) is 0 Å². The lowest BCUT2D eigenvalue weighted by atomic mass is 10.1. The molecule has 0 aliphatic carbocycles. The van der Waals surface area contributed by atoms with E-state index in [0.717, 1.165) is 41.0 Å². The Balaban J connectivity index is 0.00000380. The average Bonchev–Trinajstić information content (AvgIpc) is 2.94. The second-order valence-corrected chi connectivity index (χ2v) is 9.13. The van der Waals surface area contributed by atoms with Gasteiger partial charge in [0, 0.05) is 12.6 Å². The molecule has 2 atom stereocenters. The molecule has 5 heteroatoms. The Bertz CT molecular complexity index is 1150. The van der Waals surface area contributed by atoms with Crippen molar-refractivity contribution in [1.29, 1.82) is 0 Å². The van der Waals surface area contributed by atoms with Crippen LogP contribution in [-0.2, 0) is 19.6 Å². The van der Waals surface area contributed by atoms with Crippen LogP contribution in [0.4, 0.5) is 0 Å². The highest BCUT2D eigenvalue weighted by molar-refractivity contribution is 5.85. The van der Waals surface area contributed by atoms with E-state index in [0.29, 0.717) is 25.8 Å². The number of aryl methyl sites for hydroxylation is 1. The Labute approximate surface area is 226 Å². The van der Waals surface area contributed by atoms with E-state index in [1.807, 2.05) is 84.9 Å². The number of aliphatic hydroxyl groups is 1. The fraction of sp³-hybridized carbons (Fsp3) is 0.250. The first-order valence-corrected chi connectivity index (χ1v) is 12.6. The smallest absolute Gasteiger partial charge is 0.119 e. The molecule has 2 N–H and O–H groups in total. The van der Waals surface area contributed by atoms with Gasteiger partial charge in [-0.3, -0.25) is 0 Å². The fourth-order valence-corrected chi connectivity index (χ4v) is 3.94. The van der Waals surface area contributed by atoms with E-state index in [2.05, 4.69) is 36.5 Å². The minimum Gasteiger partial charge on any atom is -0.489 e. The Morgan fingerprint density at radius 2 is 1.14 bits per heavy atom. The van der Waals surface area contributed by atoms with Crippen molar-refractivity contribution in [2.24, 2.45) is 0 Å². The van der Waals surface area contributed by atoms with Crippen LogP contribution in [-0.4, -0.2) is 17.7 Å². The molecule has 4 aromatic carbocycles. The van der Waals surface area contributed by atoms with E-state index < -0.39 is 6.10 Å². The minimum absolute atomic E-state index is 0. The molecule has 0 aliphatic heterocycles. The highest BCUT2D eigenvalue weighted by Crippen LogP contribution is 2.19. The first-order valence-electron chi connectivity index (χ1n) is 12.6. The van der Waals surface area contributed by atoms with Crippen molar-refractivity contribution < 1.29 is 14.6 Å². The van der Waals surface area contributed by atoms with Crippen LogP contribution in [0.5, 0.6) is 11.5 Å². The second kappa shape index (κ2) is 15.1. The average molecular weight is 518 g/mol. The lowest BCUT2D eigenvalue weighted by Crippen LogP contribution is -2.30. The van der Waals surface area contributed by atoms with Crippen LogP contribution in [0.25, 0.3) is 0 Å². The Morgan fingerprint density at radius 1 is 0.649 bits per heavy atom. The number of benzene rings is 4. The Kier molecular flexibility index (Phi) is 11.5. The minimum atomic E-state index is -0.559. The number of nitrogens with one attached hydrogen (secondary N) is 1. The van der Waals surface area contributed by atoms with Crippen LogP contribution >= 0.6 is 12.4 Å². The van der Waals surface area contributed by atoms with Crippen molar-refractivity contribution in [3.05, 3.63) is 131 Å². The quantitative estimate of drug-likeness (QED) is 0.202. The number of aliphatic hydroxyl groups excluding tert-OH is 1. The molecule has 0 heterocycles. The lowest BCUT2D eigenvalue weighted by Gasteiger charge is -2.18. The topological polar surface area (TPSA) is 50.7 Å². The van der Waals surface area contributed by atoms with Gasteiger partial charge >= 0.3 is 0 Å². The molecular weight excluding hydrogens is 482 g/mol. The maximum atomic E-state index is 10.6. The highest BCUT2D eigenvalue weighted by Gasteiger charge is 2.10. The molecule has 4 nitrogen and oxygen atoms in total. The maximum absolute atomic E-state index is 10.6. The first kappa shape index (κ1) is 28.3. The molecular formula is C32H36ClNO3. The monoisotopic (exact) mass is 517 g/mol. The van der Waals surface area contributed by atoms with Gasteiger partial charge in [-0.1, -0.05) is 84.9 Å². The van der Waals surface area contributed by atoms with Gasteiger partial charge in [0.1, 0.15) is 24.7 Å². The number of rotatable bonds is 13. The molecule has 0 saturated heterocycles. The van der Waals surface area contributed by atoms with Crippen molar-refractivity contribution in [3.63, 3.8) is 0 Å². The van der Waals surface area contributed by atoms with E-state index in [9.17, 15) is 5.11 Å². The van der Waals surface area contributed by atoms with Crippen molar-refractivity contribution in [2.75, 3.05) is 6.54 Å². The molecule has 0 aromatic heterocycles. The third-order valence-electron chi connectivity index (χ3n) is 6.21. The van der Waals surface area contributed by atoms with Crippen molar-refractivity contribution in [1.82, 2.24) is 5.32 Å². The zero-order valence-corrected chi connectivity index (χ0v) is 22.1. The third-order valence-corrected chi connectivity index (χ3v) is 6.21. The van der Waals surface area contributed by atoms with Crippen LogP contribution in [0.15, 0.2) is 109 Å². The molecule has 0 bridgehead atoms. The largest absolute Gasteiger partial charge is 0.489 e. The first-order chi connectivity index (χ1) is 17.7. The van der Waals surface area contributed by atoms with Crippen LogP contribution in [0, 0.1) is 0 Å². The molecule has 0 amide bonds. The van der Waals surface area contributed by atoms with Crippen molar-refractivity contribution >= 4 is 12.4 Å². The molecule has 1 unspecified atom stereocenters. The summed E-state index contributed by atoms with van der Waals surface area (Å²) < 4.78 is 11.7. The molecule has 0 spiro atoms. The van der Waals surface area contributed by atoms with Gasteiger partial charge in [0.25, 0.3) is 0 Å². The summed E-state index contributed by atoms with van der Waals surface area (Å²) >= 11 is 0. The third kappa shape index (κ3) is 9.58. The van der Waals surface area contributed by atoms with E-state index in [1.165, 1.54) is 5.56 Å². The molecule has 0 radical (unpaired) electrons. The zero-order chi connectivity index (χ0) is 25.0. The summed E-state index contributed by atoms with van der Waals surface area (Å²) in [6.45, 7) is 3.78. The predicted octanol–water partition coefficient (Wildman–Crippen LogP) is 6.91. The summed E-state index contributed by atoms with van der Waals surface area (Å²) in [5.74, 6) is 1.68.